The van der Waals surface area contributed by atoms with E-state index in [0.717, 1.165) is 35.3 Å². The molecule has 1 aliphatic rings. The van der Waals surface area contributed by atoms with E-state index in [9.17, 15) is 14.4 Å². The fraction of sp³-hybridized carbons (Fsp3) is 0.364. The molecular formula is C33H36Cl2N2O5. The number of likely N-dealkylation sites (tertiary alicyclic amines) is 1. The van der Waals surface area contributed by atoms with Gasteiger partial charge >= 0.3 is 5.97 Å². The highest BCUT2D eigenvalue weighted by Gasteiger charge is 2.27. The molecule has 0 aliphatic carbocycles. The lowest BCUT2D eigenvalue weighted by Crippen LogP contribution is -2.44. The summed E-state index contributed by atoms with van der Waals surface area (Å²) in [5.74, 6) is 0.267. The van der Waals surface area contributed by atoms with Gasteiger partial charge in [-0.25, -0.2) is 4.79 Å². The Hall–Kier alpha value is -3.55. The van der Waals surface area contributed by atoms with Crippen LogP contribution in [0.5, 0.6) is 5.75 Å². The minimum atomic E-state index is -0.790. The van der Waals surface area contributed by atoms with Crippen LogP contribution >= 0.6 is 23.2 Å². The second-order valence-corrected chi connectivity index (χ2v) is 11.4. The van der Waals surface area contributed by atoms with Gasteiger partial charge in [0.25, 0.3) is 0 Å². The summed E-state index contributed by atoms with van der Waals surface area (Å²) in [4.78, 5) is 39.9. The van der Waals surface area contributed by atoms with E-state index in [2.05, 4.69) is 5.32 Å². The van der Waals surface area contributed by atoms with Crippen LogP contribution in [0.4, 0.5) is 0 Å². The number of esters is 1. The zero-order chi connectivity index (χ0) is 29.9. The van der Waals surface area contributed by atoms with E-state index in [1.54, 1.807) is 12.1 Å². The highest BCUT2D eigenvalue weighted by atomic mass is 35.5. The minimum Gasteiger partial charge on any atom is -0.489 e. The largest absolute Gasteiger partial charge is 0.489 e. The fourth-order valence-corrected chi connectivity index (χ4v) is 5.36. The first-order chi connectivity index (χ1) is 20.3. The zero-order valence-electron chi connectivity index (χ0n) is 23.7. The summed E-state index contributed by atoms with van der Waals surface area (Å²) in [6, 6.07) is 22.0. The lowest BCUT2D eigenvalue weighted by molar-refractivity contribution is -0.145. The van der Waals surface area contributed by atoms with Gasteiger partial charge in [-0.3, -0.25) is 9.59 Å². The number of halogens is 2. The Bertz CT molecular complexity index is 1340. The Morgan fingerprint density at radius 1 is 0.905 bits per heavy atom. The van der Waals surface area contributed by atoms with Crippen molar-refractivity contribution in [3.05, 3.63) is 99.5 Å². The van der Waals surface area contributed by atoms with Crippen molar-refractivity contribution in [3.8, 4) is 5.75 Å². The molecule has 4 rings (SSSR count). The number of benzene rings is 3. The molecule has 1 N–H and O–H groups in total. The number of amides is 2. The number of nitrogens with one attached hydrogen (secondary N) is 1. The third-order valence-electron chi connectivity index (χ3n) is 7.49. The van der Waals surface area contributed by atoms with Crippen LogP contribution in [-0.2, 0) is 38.6 Å². The van der Waals surface area contributed by atoms with Crippen LogP contribution < -0.4 is 10.1 Å². The molecule has 222 valence electrons. The highest BCUT2D eigenvalue weighted by Crippen LogP contribution is 2.25. The quantitative estimate of drug-likeness (QED) is 0.253. The predicted octanol–water partition coefficient (Wildman–Crippen LogP) is 6.03. The Morgan fingerprint density at radius 2 is 1.60 bits per heavy atom. The third-order valence-corrected chi connectivity index (χ3v) is 8.22. The lowest BCUT2D eigenvalue weighted by atomic mass is 9.92. The summed E-state index contributed by atoms with van der Waals surface area (Å²) in [5, 5.41) is 3.84. The molecular weight excluding hydrogens is 575 g/mol. The molecule has 9 heteroatoms. The molecule has 0 spiro atoms. The summed E-state index contributed by atoms with van der Waals surface area (Å²) in [6.07, 6.45) is 3.06. The maximum atomic E-state index is 12.9. The van der Waals surface area contributed by atoms with Gasteiger partial charge in [-0.2, -0.15) is 0 Å². The average molecular weight is 612 g/mol. The zero-order valence-corrected chi connectivity index (χ0v) is 25.2. The van der Waals surface area contributed by atoms with E-state index < -0.39 is 12.0 Å². The first-order valence-corrected chi connectivity index (χ1v) is 14.9. The van der Waals surface area contributed by atoms with Gasteiger partial charge in [-0.15, -0.1) is 0 Å². The second kappa shape index (κ2) is 15.6. The molecule has 2 amide bonds. The Kier molecular flexibility index (Phi) is 11.7. The highest BCUT2D eigenvalue weighted by molar-refractivity contribution is 6.42. The van der Waals surface area contributed by atoms with E-state index in [0.29, 0.717) is 55.4 Å². The molecule has 0 saturated carbocycles. The number of ether oxygens (including phenoxy) is 2. The summed E-state index contributed by atoms with van der Waals surface area (Å²) in [6.45, 7) is 1.68. The van der Waals surface area contributed by atoms with E-state index in [1.165, 1.54) is 7.11 Å². The molecule has 1 heterocycles. The number of aryl methyl sites for hydroxylation is 1. The lowest BCUT2D eigenvalue weighted by Gasteiger charge is -2.32. The topological polar surface area (TPSA) is 84.9 Å². The van der Waals surface area contributed by atoms with Crippen molar-refractivity contribution in [2.45, 2.75) is 51.2 Å². The molecule has 7 nitrogen and oxygen atoms in total. The molecule has 0 unspecified atom stereocenters. The molecule has 1 atom stereocenters. The molecule has 0 aromatic heterocycles. The van der Waals surface area contributed by atoms with Crippen LogP contribution in [0.1, 0.15) is 42.4 Å². The summed E-state index contributed by atoms with van der Waals surface area (Å²) < 4.78 is 10.8. The number of carbonyl (C=O) groups excluding carboxylic acids is 3. The van der Waals surface area contributed by atoms with Crippen LogP contribution in [0.2, 0.25) is 10.0 Å². The molecule has 3 aromatic carbocycles. The molecule has 1 aliphatic heterocycles. The van der Waals surface area contributed by atoms with Gasteiger partial charge in [0.1, 0.15) is 18.4 Å². The van der Waals surface area contributed by atoms with Crippen LogP contribution in [-0.4, -0.2) is 48.9 Å². The minimum absolute atomic E-state index is 0.0891. The van der Waals surface area contributed by atoms with Crippen LogP contribution in [0.3, 0.4) is 0 Å². The van der Waals surface area contributed by atoms with E-state index in [4.69, 9.17) is 32.7 Å². The number of nitrogens with zero attached hydrogens (tertiary/aromatic N) is 1. The van der Waals surface area contributed by atoms with E-state index in [1.807, 2.05) is 65.6 Å². The Morgan fingerprint density at radius 3 is 2.26 bits per heavy atom. The smallest absolute Gasteiger partial charge is 0.328 e. The maximum absolute atomic E-state index is 12.9. The van der Waals surface area contributed by atoms with Crippen LogP contribution in [0.15, 0.2) is 72.8 Å². The van der Waals surface area contributed by atoms with Gasteiger partial charge < -0.3 is 19.7 Å². The van der Waals surface area contributed by atoms with Crippen molar-refractivity contribution in [2.24, 2.45) is 5.92 Å². The maximum Gasteiger partial charge on any atom is 0.328 e. The first-order valence-electron chi connectivity index (χ1n) is 14.1. The summed E-state index contributed by atoms with van der Waals surface area (Å²) >= 11 is 12.0. The van der Waals surface area contributed by atoms with Gasteiger partial charge in [0.05, 0.1) is 17.2 Å². The monoisotopic (exact) mass is 610 g/mol. The van der Waals surface area contributed by atoms with Gasteiger partial charge in [0.15, 0.2) is 0 Å². The summed E-state index contributed by atoms with van der Waals surface area (Å²) in [7, 11) is 1.32. The average Bonchev–Trinajstić information content (AvgIpc) is 3.01. The molecule has 0 bridgehead atoms. The van der Waals surface area contributed by atoms with Crippen molar-refractivity contribution in [3.63, 3.8) is 0 Å². The fourth-order valence-electron chi connectivity index (χ4n) is 5.04. The number of rotatable bonds is 12. The molecule has 3 aromatic rings. The molecule has 1 fully saturated rings. The first kappa shape index (κ1) is 31.4. The predicted molar refractivity (Wildman–Crippen MR) is 164 cm³/mol. The Balaban J connectivity index is 1.21. The van der Waals surface area contributed by atoms with E-state index >= 15 is 0 Å². The standard InChI is InChI=1S/C33H36Cl2N2O5/c1-41-33(40)30(20-24-7-11-27(12-8-24)42-22-26-5-3-2-4-6-26)36-31(38)21-25-15-17-37(18-16-25)32(39)14-10-23-9-13-28(34)29(35)19-23/h2-9,11-13,19,25,30H,10,14-18,20-22H2,1H3,(H,36,38)/t30-/m0/s1. The van der Waals surface area contributed by atoms with Gasteiger partial charge in [-0.1, -0.05) is 71.7 Å². The number of hydrogen-bond donors (Lipinski definition) is 1. The van der Waals surface area contributed by atoms with Crippen molar-refractivity contribution in [1.82, 2.24) is 10.2 Å². The number of piperidine rings is 1. The third kappa shape index (κ3) is 9.50. The summed E-state index contributed by atoms with van der Waals surface area (Å²) in [5.41, 5.74) is 2.93. The SMILES string of the molecule is COC(=O)[C@H](Cc1ccc(OCc2ccccc2)cc1)NC(=O)CC1CCN(C(=O)CCc2ccc(Cl)c(Cl)c2)CC1. The van der Waals surface area contributed by atoms with Crippen molar-refractivity contribution < 1.29 is 23.9 Å². The molecule has 1 saturated heterocycles. The second-order valence-electron chi connectivity index (χ2n) is 10.5. The number of carbonyl (C=O) groups is 3. The Labute approximate surface area is 257 Å². The van der Waals surface area contributed by atoms with Crippen molar-refractivity contribution in [1.29, 1.82) is 0 Å². The van der Waals surface area contributed by atoms with Crippen LogP contribution in [0.25, 0.3) is 0 Å². The van der Waals surface area contributed by atoms with Gasteiger partial charge in [-0.05, 0) is 66.1 Å². The molecule has 0 radical (unpaired) electrons. The van der Waals surface area contributed by atoms with Crippen molar-refractivity contribution in [2.75, 3.05) is 20.2 Å². The van der Waals surface area contributed by atoms with Crippen LogP contribution in [0, 0.1) is 5.92 Å². The van der Waals surface area contributed by atoms with Gasteiger partial charge in [0, 0.05) is 32.4 Å². The van der Waals surface area contributed by atoms with Crippen molar-refractivity contribution >= 4 is 41.0 Å². The number of methoxy groups -OCH3 is 1. The molecule has 42 heavy (non-hydrogen) atoms. The normalized spacial score (nSPS) is 14.2. The van der Waals surface area contributed by atoms with Gasteiger partial charge in [0.2, 0.25) is 11.8 Å². The number of hydrogen-bond acceptors (Lipinski definition) is 5. The van der Waals surface area contributed by atoms with E-state index in [-0.39, 0.29) is 17.7 Å².